The molecule has 3 aromatic rings. The van der Waals surface area contributed by atoms with Crippen LogP contribution in [-0.4, -0.2) is 24.5 Å². The van der Waals surface area contributed by atoms with Crippen LogP contribution in [0, 0.1) is 0 Å². The number of aromatic amines is 1. The van der Waals surface area contributed by atoms with E-state index < -0.39 is 5.69 Å². The summed E-state index contributed by atoms with van der Waals surface area (Å²) < 4.78 is 9.08. The number of H-pyrrole nitrogens is 1. The Kier molecular flexibility index (Phi) is 6.12. The number of nitrogens with one attached hydrogen (secondary N) is 1. The molecule has 3 rings (SSSR count). The molecule has 0 saturated carbocycles. The second kappa shape index (κ2) is 8.71. The van der Waals surface area contributed by atoms with Crippen LogP contribution in [0.25, 0.3) is 5.76 Å². The average molecular weight is 427 g/mol. The molecule has 0 fully saturated rings. The van der Waals surface area contributed by atoms with E-state index >= 15 is 0 Å². The van der Waals surface area contributed by atoms with E-state index in [4.69, 9.17) is 4.74 Å². The van der Waals surface area contributed by atoms with Crippen molar-refractivity contribution < 1.29 is 4.74 Å². The number of hydrogen-bond acceptors (Lipinski definition) is 3. The standard InChI is InChI=1S/C21H20N2O3Se/c1-3-18-19(24)22-21(25)23(20(18)27-17-12-8-5-9-13-17)14-26-15(2)16-10-6-4-7-11-16/h4-13H,2-3,14H2,1H3,(H,22,24,25). The third-order valence-corrected chi connectivity index (χ3v) is 6.47. The minimum absolute atomic E-state index is 0.000256. The summed E-state index contributed by atoms with van der Waals surface area (Å²) in [5, 5.41) is 0. The summed E-state index contributed by atoms with van der Waals surface area (Å²) in [6.45, 7) is 5.85. The van der Waals surface area contributed by atoms with Crippen LogP contribution in [0.5, 0.6) is 0 Å². The number of nitrogens with zero attached hydrogens (tertiary/aromatic N) is 1. The topological polar surface area (TPSA) is 64.1 Å². The number of benzene rings is 2. The first-order valence-corrected chi connectivity index (χ1v) is 10.3. The monoisotopic (exact) mass is 428 g/mol. The molecule has 27 heavy (non-hydrogen) atoms. The van der Waals surface area contributed by atoms with E-state index in [0.29, 0.717) is 17.7 Å². The van der Waals surface area contributed by atoms with Gasteiger partial charge in [-0.05, 0) is 0 Å². The summed E-state index contributed by atoms with van der Waals surface area (Å²) in [7, 11) is 0. The zero-order chi connectivity index (χ0) is 19.2. The fourth-order valence-electron chi connectivity index (χ4n) is 2.59. The molecule has 0 amide bonds. The fraction of sp³-hybridized carbons (Fsp3) is 0.143. The van der Waals surface area contributed by atoms with Crippen LogP contribution in [0.4, 0.5) is 0 Å². The Morgan fingerprint density at radius 2 is 1.70 bits per heavy atom. The van der Waals surface area contributed by atoms with Crippen LogP contribution >= 0.6 is 0 Å². The van der Waals surface area contributed by atoms with Crippen LogP contribution in [-0.2, 0) is 17.9 Å². The molecule has 0 atom stereocenters. The predicted octanol–water partition coefficient (Wildman–Crippen LogP) is 1.40. The van der Waals surface area contributed by atoms with Gasteiger partial charge in [0.1, 0.15) is 0 Å². The van der Waals surface area contributed by atoms with Crippen molar-refractivity contribution in [3.63, 3.8) is 0 Å². The maximum atomic E-state index is 12.5. The Bertz CT molecular complexity index is 1040. The first-order chi connectivity index (χ1) is 13.1. The van der Waals surface area contributed by atoms with Crippen molar-refractivity contribution in [1.29, 1.82) is 0 Å². The van der Waals surface area contributed by atoms with Crippen molar-refractivity contribution >= 4 is 29.8 Å². The number of rotatable bonds is 7. The molecule has 5 nitrogen and oxygen atoms in total. The molecule has 138 valence electrons. The van der Waals surface area contributed by atoms with Crippen LogP contribution < -0.4 is 20.3 Å². The SMILES string of the molecule is C=C(OCn1c([Se]c2ccccc2)c(CC)c(=O)[nH]c1=O)c1ccccc1. The summed E-state index contributed by atoms with van der Waals surface area (Å²) in [4.78, 5) is 27.2. The zero-order valence-corrected chi connectivity index (χ0v) is 16.7. The second-order valence-corrected chi connectivity index (χ2v) is 8.03. The summed E-state index contributed by atoms with van der Waals surface area (Å²) in [6.07, 6.45) is 0.541. The number of ether oxygens (including phenoxy) is 1. The molecule has 0 radical (unpaired) electrons. The van der Waals surface area contributed by atoms with Gasteiger partial charge in [-0.2, -0.15) is 0 Å². The Labute approximate surface area is 163 Å². The Balaban J connectivity index is 1.95. The molecule has 0 spiro atoms. The van der Waals surface area contributed by atoms with Gasteiger partial charge in [0.05, 0.1) is 0 Å². The summed E-state index contributed by atoms with van der Waals surface area (Å²) in [5.74, 6) is 0.477. The van der Waals surface area contributed by atoms with Gasteiger partial charge in [-0.15, -0.1) is 0 Å². The van der Waals surface area contributed by atoms with E-state index in [1.54, 1.807) is 0 Å². The summed E-state index contributed by atoms with van der Waals surface area (Å²) in [6, 6.07) is 19.3. The van der Waals surface area contributed by atoms with Crippen molar-refractivity contribution in [1.82, 2.24) is 9.55 Å². The van der Waals surface area contributed by atoms with Gasteiger partial charge in [0.15, 0.2) is 0 Å². The van der Waals surface area contributed by atoms with Crippen molar-refractivity contribution in [3.8, 4) is 0 Å². The van der Waals surface area contributed by atoms with Crippen LogP contribution in [0.15, 0.2) is 76.8 Å². The molecule has 6 heteroatoms. The molecule has 2 aromatic carbocycles. The van der Waals surface area contributed by atoms with E-state index in [1.807, 2.05) is 67.6 Å². The number of aromatic nitrogens is 2. The van der Waals surface area contributed by atoms with Gasteiger partial charge in [0.2, 0.25) is 0 Å². The van der Waals surface area contributed by atoms with Gasteiger partial charge < -0.3 is 0 Å². The normalized spacial score (nSPS) is 10.6. The van der Waals surface area contributed by atoms with Gasteiger partial charge in [0, 0.05) is 0 Å². The first-order valence-electron chi connectivity index (χ1n) is 8.56. The van der Waals surface area contributed by atoms with E-state index in [1.165, 1.54) is 4.57 Å². The first kappa shape index (κ1) is 19.0. The average Bonchev–Trinajstić information content (AvgIpc) is 2.69. The maximum absolute atomic E-state index is 12.5. The predicted molar refractivity (Wildman–Crippen MR) is 109 cm³/mol. The minimum atomic E-state index is -0.467. The molecule has 0 unspecified atom stereocenters. The summed E-state index contributed by atoms with van der Waals surface area (Å²) in [5.41, 5.74) is 0.674. The number of hydrogen-bond donors (Lipinski definition) is 1. The van der Waals surface area contributed by atoms with Crippen LogP contribution in [0.1, 0.15) is 18.1 Å². The molecule has 0 aliphatic rings. The summed E-state index contributed by atoms with van der Waals surface area (Å²) >= 11 is -0.197. The van der Waals surface area contributed by atoms with Crippen molar-refractivity contribution in [2.75, 3.05) is 0 Å². The van der Waals surface area contributed by atoms with Gasteiger partial charge >= 0.3 is 163 Å². The van der Waals surface area contributed by atoms with Gasteiger partial charge in [-0.3, -0.25) is 0 Å². The molecule has 0 aliphatic heterocycles. The molecule has 0 aliphatic carbocycles. The zero-order valence-electron chi connectivity index (χ0n) is 15.0. The van der Waals surface area contributed by atoms with Crippen molar-refractivity contribution in [3.05, 3.63) is 99.2 Å². The molecule has 1 aromatic heterocycles. The Hall–Kier alpha value is -2.82. The van der Waals surface area contributed by atoms with Gasteiger partial charge in [0.25, 0.3) is 0 Å². The Morgan fingerprint density at radius 3 is 2.33 bits per heavy atom. The molecular weight excluding hydrogens is 407 g/mol. The Morgan fingerprint density at radius 1 is 1.07 bits per heavy atom. The van der Waals surface area contributed by atoms with E-state index in [-0.39, 0.29) is 27.2 Å². The van der Waals surface area contributed by atoms with Crippen molar-refractivity contribution in [2.24, 2.45) is 0 Å². The van der Waals surface area contributed by atoms with E-state index in [0.717, 1.165) is 14.6 Å². The van der Waals surface area contributed by atoms with E-state index in [9.17, 15) is 9.59 Å². The van der Waals surface area contributed by atoms with Crippen molar-refractivity contribution in [2.45, 2.75) is 20.1 Å². The third-order valence-electron chi connectivity index (χ3n) is 4.02. The molecule has 1 heterocycles. The second-order valence-electron chi connectivity index (χ2n) is 5.80. The quantitative estimate of drug-likeness (QED) is 0.458. The molecular formula is C21H20N2O3Se. The van der Waals surface area contributed by atoms with Crippen LogP contribution in [0.2, 0.25) is 0 Å². The fourth-order valence-corrected chi connectivity index (χ4v) is 4.94. The molecule has 0 saturated heterocycles. The van der Waals surface area contributed by atoms with E-state index in [2.05, 4.69) is 11.6 Å². The van der Waals surface area contributed by atoms with Gasteiger partial charge in [-0.1, -0.05) is 0 Å². The molecule has 1 N–H and O–H groups in total. The molecule has 0 bridgehead atoms. The third kappa shape index (κ3) is 4.48. The van der Waals surface area contributed by atoms with Gasteiger partial charge in [-0.25, -0.2) is 0 Å². The van der Waals surface area contributed by atoms with Crippen LogP contribution in [0.3, 0.4) is 0 Å².